The Morgan fingerprint density at radius 2 is 1.79 bits per heavy atom. The topological polar surface area (TPSA) is 63.8 Å². The molecule has 1 heterocycles. The van der Waals surface area contributed by atoms with Crippen LogP contribution in [-0.4, -0.2) is 16.0 Å². The molecule has 2 aromatic carbocycles. The van der Waals surface area contributed by atoms with E-state index < -0.39 is 0 Å². The second-order valence-electron chi connectivity index (χ2n) is 7.77. The molecule has 3 aromatic rings. The number of hydrazine groups is 1. The number of halogens is 1. The van der Waals surface area contributed by atoms with Crippen LogP contribution in [0.4, 0.5) is 0 Å². The number of aromatic nitrogens is 2. The molecular formula is C24H27ClN4. The fraction of sp³-hybridized carbons (Fsp3) is 0.333. The van der Waals surface area contributed by atoms with Crippen LogP contribution in [-0.2, 0) is 6.42 Å². The van der Waals surface area contributed by atoms with E-state index in [2.05, 4.69) is 30.5 Å². The van der Waals surface area contributed by atoms with Crippen LogP contribution in [0.3, 0.4) is 0 Å². The summed E-state index contributed by atoms with van der Waals surface area (Å²) in [5, 5.41) is 1.93. The highest BCUT2D eigenvalue weighted by Crippen LogP contribution is 2.35. The first-order chi connectivity index (χ1) is 14.2. The second-order valence-corrected chi connectivity index (χ2v) is 8.21. The number of rotatable bonds is 5. The molecule has 0 radical (unpaired) electrons. The predicted molar refractivity (Wildman–Crippen MR) is 122 cm³/mol. The van der Waals surface area contributed by atoms with E-state index >= 15 is 0 Å². The zero-order valence-electron chi connectivity index (χ0n) is 16.7. The molecule has 3 N–H and O–H groups in total. The Kier molecular flexibility index (Phi) is 6.24. The van der Waals surface area contributed by atoms with Crippen molar-refractivity contribution < 1.29 is 0 Å². The Balaban J connectivity index is 1.71. The van der Waals surface area contributed by atoms with Crippen LogP contribution in [0.1, 0.15) is 61.2 Å². The van der Waals surface area contributed by atoms with Crippen LogP contribution >= 0.6 is 11.6 Å². The molecule has 0 unspecified atom stereocenters. The number of benzene rings is 2. The van der Waals surface area contributed by atoms with Crippen molar-refractivity contribution in [1.82, 2.24) is 15.4 Å². The summed E-state index contributed by atoms with van der Waals surface area (Å²) in [6, 6.07) is 14.8. The average molecular weight is 407 g/mol. The van der Waals surface area contributed by atoms with Gasteiger partial charge in [0.2, 0.25) is 0 Å². The van der Waals surface area contributed by atoms with Crippen LogP contribution in [0.2, 0.25) is 5.02 Å². The molecule has 0 amide bonds. The van der Waals surface area contributed by atoms with E-state index in [0.717, 1.165) is 54.0 Å². The van der Waals surface area contributed by atoms with Crippen molar-refractivity contribution in [3.05, 3.63) is 70.1 Å². The Hall–Kier alpha value is -2.27. The Bertz CT molecular complexity index is 1010. The van der Waals surface area contributed by atoms with Crippen LogP contribution in [0, 0.1) is 0 Å². The zero-order chi connectivity index (χ0) is 20.2. The highest BCUT2D eigenvalue weighted by Gasteiger charge is 2.24. The minimum Gasteiger partial charge on any atom is -0.271 e. The second kappa shape index (κ2) is 9.04. The molecule has 1 aliphatic carbocycles. The summed E-state index contributed by atoms with van der Waals surface area (Å²) in [6.45, 7) is 2.18. The van der Waals surface area contributed by atoms with Crippen LogP contribution in [0.25, 0.3) is 23.1 Å². The summed E-state index contributed by atoms with van der Waals surface area (Å²) in [5.74, 6) is 6.85. The van der Waals surface area contributed by atoms with Crippen LogP contribution < -0.4 is 11.3 Å². The minimum atomic E-state index is 0.412. The molecule has 1 saturated carbocycles. The lowest BCUT2D eigenvalue weighted by molar-refractivity contribution is 0.344. The lowest BCUT2D eigenvalue weighted by Crippen LogP contribution is -2.37. The molecule has 0 bridgehead atoms. The van der Waals surface area contributed by atoms with Crippen LogP contribution in [0.15, 0.2) is 42.5 Å². The molecule has 1 fully saturated rings. The van der Waals surface area contributed by atoms with Crippen molar-refractivity contribution in [1.29, 1.82) is 0 Å². The minimum absolute atomic E-state index is 0.412. The summed E-state index contributed by atoms with van der Waals surface area (Å²) in [7, 11) is 0. The van der Waals surface area contributed by atoms with Gasteiger partial charge in [-0.15, -0.1) is 0 Å². The molecular weight excluding hydrogens is 380 g/mol. The van der Waals surface area contributed by atoms with E-state index in [-0.39, 0.29) is 0 Å². The molecule has 1 aliphatic rings. The maximum absolute atomic E-state index is 5.99. The van der Waals surface area contributed by atoms with Gasteiger partial charge in [0.15, 0.2) is 5.82 Å². The van der Waals surface area contributed by atoms with Crippen molar-refractivity contribution in [2.24, 2.45) is 5.84 Å². The quantitative estimate of drug-likeness (QED) is 0.433. The van der Waals surface area contributed by atoms with E-state index in [1.54, 1.807) is 0 Å². The predicted octanol–water partition coefficient (Wildman–Crippen LogP) is 5.51. The zero-order valence-corrected chi connectivity index (χ0v) is 17.5. The highest BCUT2D eigenvalue weighted by atomic mass is 35.5. The molecule has 150 valence electrons. The van der Waals surface area contributed by atoms with Crippen molar-refractivity contribution in [2.45, 2.75) is 51.0 Å². The van der Waals surface area contributed by atoms with Gasteiger partial charge in [-0.25, -0.2) is 9.97 Å². The molecule has 4 nitrogen and oxygen atoms in total. The van der Waals surface area contributed by atoms with Gasteiger partial charge < -0.3 is 0 Å². The number of nitrogens with one attached hydrogen (secondary N) is 1. The van der Waals surface area contributed by atoms with Gasteiger partial charge in [0.25, 0.3) is 0 Å². The lowest BCUT2D eigenvalue weighted by atomic mass is 9.83. The van der Waals surface area contributed by atoms with Crippen molar-refractivity contribution in [3.63, 3.8) is 0 Å². The van der Waals surface area contributed by atoms with Gasteiger partial charge in [-0.2, -0.15) is 0 Å². The molecule has 1 aromatic heterocycles. The van der Waals surface area contributed by atoms with Crippen molar-refractivity contribution in [3.8, 4) is 0 Å². The fourth-order valence-electron chi connectivity index (χ4n) is 4.10. The van der Waals surface area contributed by atoms with Gasteiger partial charge in [-0.1, -0.05) is 42.8 Å². The first-order valence-corrected chi connectivity index (χ1v) is 10.7. The number of aryl methyl sites for hydroxylation is 1. The maximum atomic E-state index is 5.99. The number of fused-ring (bicyclic) bond motifs is 1. The van der Waals surface area contributed by atoms with Gasteiger partial charge in [-0.3, -0.25) is 11.3 Å². The number of hydrogen-bond acceptors (Lipinski definition) is 4. The molecule has 0 spiro atoms. The third kappa shape index (κ3) is 4.67. The largest absolute Gasteiger partial charge is 0.271 e. The Labute approximate surface area is 177 Å². The van der Waals surface area contributed by atoms with Gasteiger partial charge in [-0.05, 0) is 73.6 Å². The molecule has 5 heteroatoms. The smallest absolute Gasteiger partial charge is 0.152 e. The first kappa shape index (κ1) is 20.0. The van der Waals surface area contributed by atoms with E-state index in [4.69, 9.17) is 27.4 Å². The highest BCUT2D eigenvalue weighted by molar-refractivity contribution is 6.30. The van der Waals surface area contributed by atoms with Crippen molar-refractivity contribution >= 4 is 34.7 Å². The first-order valence-electron chi connectivity index (χ1n) is 10.4. The third-order valence-corrected chi connectivity index (χ3v) is 6.11. The standard InChI is InChI=1S/C24H27ClN4/c1-2-16-5-13-22-21(15-16)24(18-7-11-20(29-26)12-8-18)28-23(27-22)14-6-17-3-9-19(25)10-4-17/h3-6,9-10,13-15,18,20,29H,2,7-8,11-12,26H2,1H3. The lowest BCUT2D eigenvalue weighted by Gasteiger charge is -2.28. The number of nitrogens with zero attached hydrogens (tertiary/aromatic N) is 2. The van der Waals surface area contributed by atoms with E-state index in [0.29, 0.717) is 12.0 Å². The average Bonchev–Trinajstić information content (AvgIpc) is 2.78. The third-order valence-electron chi connectivity index (χ3n) is 5.86. The summed E-state index contributed by atoms with van der Waals surface area (Å²) < 4.78 is 0. The molecule has 4 rings (SSSR count). The Morgan fingerprint density at radius 3 is 2.48 bits per heavy atom. The van der Waals surface area contributed by atoms with Crippen LogP contribution in [0.5, 0.6) is 0 Å². The summed E-state index contributed by atoms with van der Waals surface area (Å²) in [4.78, 5) is 9.82. The number of nitrogens with two attached hydrogens (primary N) is 1. The molecule has 0 aliphatic heterocycles. The molecule has 0 atom stereocenters. The SMILES string of the molecule is CCc1ccc2nc(C=Cc3ccc(Cl)cc3)nc(C3CCC(NN)CC3)c2c1. The van der Waals surface area contributed by atoms with Crippen molar-refractivity contribution in [2.75, 3.05) is 0 Å². The van der Waals surface area contributed by atoms with Gasteiger partial charge in [0.1, 0.15) is 0 Å². The summed E-state index contributed by atoms with van der Waals surface area (Å²) >= 11 is 5.99. The maximum Gasteiger partial charge on any atom is 0.152 e. The van der Waals surface area contributed by atoms with E-state index in [1.165, 1.54) is 16.6 Å². The Morgan fingerprint density at radius 1 is 1.03 bits per heavy atom. The number of hydrogen-bond donors (Lipinski definition) is 2. The summed E-state index contributed by atoms with van der Waals surface area (Å²) in [6.07, 6.45) is 9.39. The van der Waals surface area contributed by atoms with E-state index in [9.17, 15) is 0 Å². The fourth-order valence-corrected chi connectivity index (χ4v) is 4.23. The molecule has 0 saturated heterocycles. The normalized spacial score (nSPS) is 19.8. The van der Waals surface area contributed by atoms with Gasteiger partial charge >= 0.3 is 0 Å². The summed E-state index contributed by atoms with van der Waals surface area (Å²) in [5.41, 5.74) is 7.53. The van der Waals surface area contributed by atoms with E-state index in [1.807, 2.05) is 36.4 Å². The molecule has 29 heavy (non-hydrogen) atoms. The van der Waals surface area contributed by atoms with Gasteiger partial charge in [0.05, 0.1) is 11.2 Å². The van der Waals surface area contributed by atoms with Gasteiger partial charge in [0, 0.05) is 22.4 Å². The monoisotopic (exact) mass is 406 g/mol.